The molecule has 4 aliphatic rings. The molecule has 4 saturated carbocycles. The largest absolute Gasteiger partial charge is 0.463 e. The lowest BCUT2D eigenvalue weighted by molar-refractivity contribution is -0.170. The van der Waals surface area contributed by atoms with E-state index in [1.54, 1.807) is 0 Å². The van der Waals surface area contributed by atoms with Gasteiger partial charge in [0.25, 0.3) is 0 Å². The SMILES string of the molecule is CC(=O)OCC(=O)[C@H]1CC[C@H]2[C@@H]3C[C@@H](O)[C@@]4(Br)C[C@@H](OC(C)=O)CC[C@]4(C)[C@H]3CC[C@]12C. The van der Waals surface area contributed by atoms with Crippen LogP contribution in [-0.4, -0.2) is 46.0 Å². The summed E-state index contributed by atoms with van der Waals surface area (Å²) in [6, 6.07) is 0. The normalized spacial score (nSPS) is 47.6. The summed E-state index contributed by atoms with van der Waals surface area (Å²) < 4.78 is 10.1. The number of hydrogen-bond acceptors (Lipinski definition) is 6. The van der Waals surface area contributed by atoms with Crippen LogP contribution in [0.5, 0.6) is 0 Å². The highest BCUT2D eigenvalue weighted by molar-refractivity contribution is 9.10. The molecule has 0 bridgehead atoms. The van der Waals surface area contributed by atoms with Crippen molar-refractivity contribution in [3.05, 3.63) is 0 Å². The number of carbonyl (C=O) groups excluding carboxylic acids is 3. The van der Waals surface area contributed by atoms with E-state index in [0.29, 0.717) is 30.6 Å². The van der Waals surface area contributed by atoms with Crippen LogP contribution in [0.3, 0.4) is 0 Å². The van der Waals surface area contributed by atoms with E-state index in [-0.39, 0.29) is 41.2 Å². The smallest absolute Gasteiger partial charge is 0.303 e. The third-order valence-corrected chi connectivity index (χ3v) is 11.6. The minimum Gasteiger partial charge on any atom is -0.463 e. The summed E-state index contributed by atoms with van der Waals surface area (Å²) in [7, 11) is 0. The van der Waals surface area contributed by atoms with E-state index >= 15 is 0 Å². The number of rotatable bonds is 4. The number of esters is 2. The first kappa shape index (κ1) is 24.2. The molecule has 4 rings (SSSR count). The maximum Gasteiger partial charge on any atom is 0.303 e. The van der Waals surface area contributed by atoms with Crippen LogP contribution in [0.2, 0.25) is 0 Å². The number of aliphatic hydroxyl groups is 1. The van der Waals surface area contributed by atoms with Gasteiger partial charge in [0, 0.05) is 26.2 Å². The van der Waals surface area contributed by atoms with E-state index in [9.17, 15) is 19.5 Å². The summed E-state index contributed by atoms with van der Waals surface area (Å²) >= 11 is 4.00. The average molecular weight is 513 g/mol. The van der Waals surface area contributed by atoms with Crippen LogP contribution in [-0.2, 0) is 23.9 Å². The Morgan fingerprint density at radius 1 is 1.00 bits per heavy atom. The molecular weight excluding hydrogens is 476 g/mol. The number of fused-ring (bicyclic) bond motifs is 5. The number of halogens is 1. The lowest BCUT2D eigenvalue weighted by Crippen LogP contribution is -2.66. The van der Waals surface area contributed by atoms with Crippen molar-refractivity contribution < 1.29 is 29.0 Å². The summed E-state index contributed by atoms with van der Waals surface area (Å²) in [6.07, 6.45) is 6.24. The summed E-state index contributed by atoms with van der Waals surface area (Å²) in [5, 5.41) is 11.4. The molecule has 0 aliphatic heterocycles. The lowest BCUT2D eigenvalue weighted by atomic mass is 9.44. The number of ether oxygens (including phenoxy) is 2. The fraction of sp³-hybridized carbons (Fsp3) is 0.880. The number of carbonyl (C=O) groups is 3. The van der Waals surface area contributed by atoms with Gasteiger partial charge in [-0.15, -0.1) is 0 Å². The molecule has 0 heterocycles. The van der Waals surface area contributed by atoms with Crippen molar-refractivity contribution in [1.29, 1.82) is 0 Å². The molecular formula is C25H37BrO6. The van der Waals surface area contributed by atoms with E-state index in [0.717, 1.165) is 38.5 Å². The number of Topliss-reactive ketones (excluding diaryl/α,β-unsaturated/α-hetero) is 1. The van der Waals surface area contributed by atoms with Gasteiger partial charge in [-0.05, 0) is 73.5 Å². The van der Waals surface area contributed by atoms with Crippen molar-refractivity contribution in [1.82, 2.24) is 0 Å². The van der Waals surface area contributed by atoms with Crippen molar-refractivity contribution in [3.63, 3.8) is 0 Å². The van der Waals surface area contributed by atoms with Crippen LogP contribution in [0.15, 0.2) is 0 Å². The molecule has 0 unspecified atom stereocenters. The highest BCUT2D eigenvalue weighted by Crippen LogP contribution is 2.70. The molecule has 4 aliphatic carbocycles. The zero-order chi connectivity index (χ0) is 23.5. The molecule has 32 heavy (non-hydrogen) atoms. The first-order chi connectivity index (χ1) is 14.9. The Morgan fingerprint density at radius 3 is 2.38 bits per heavy atom. The minimum atomic E-state index is -0.523. The van der Waals surface area contributed by atoms with Crippen LogP contribution in [0, 0.1) is 34.5 Å². The first-order valence-electron chi connectivity index (χ1n) is 12.1. The predicted molar refractivity (Wildman–Crippen MR) is 122 cm³/mol. The van der Waals surface area contributed by atoms with Crippen LogP contribution in [0.4, 0.5) is 0 Å². The first-order valence-corrected chi connectivity index (χ1v) is 12.9. The minimum absolute atomic E-state index is 0.0444. The topological polar surface area (TPSA) is 89.9 Å². The molecule has 0 radical (unpaired) electrons. The van der Waals surface area contributed by atoms with Gasteiger partial charge in [-0.1, -0.05) is 29.8 Å². The zero-order valence-corrected chi connectivity index (χ0v) is 21.3. The number of aliphatic hydroxyl groups excluding tert-OH is 1. The molecule has 0 saturated heterocycles. The summed E-state index contributed by atoms with van der Waals surface area (Å²) in [6.45, 7) is 7.22. The van der Waals surface area contributed by atoms with Crippen molar-refractivity contribution in [2.24, 2.45) is 34.5 Å². The summed E-state index contributed by atoms with van der Waals surface area (Å²) in [4.78, 5) is 35.7. The van der Waals surface area contributed by atoms with Gasteiger partial charge in [0.05, 0.1) is 10.4 Å². The van der Waals surface area contributed by atoms with Crippen molar-refractivity contribution >= 4 is 33.7 Å². The lowest BCUT2D eigenvalue weighted by Gasteiger charge is -2.65. The molecule has 7 heteroatoms. The Morgan fingerprint density at radius 2 is 1.72 bits per heavy atom. The molecule has 180 valence electrons. The van der Waals surface area contributed by atoms with Crippen LogP contribution < -0.4 is 0 Å². The Balaban J connectivity index is 1.56. The van der Waals surface area contributed by atoms with Crippen LogP contribution in [0.1, 0.15) is 79.1 Å². The molecule has 9 atom stereocenters. The van der Waals surface area contributed by atoms with Crippen molar-refractivity contribution in [2.45, 2.75) is 95.6 Å². The van der Waals surface area contributed by atoms with Gasteiger partial charge >= 0.3 is 11.9 Å². The van der Waals surface area contributed by atoms with Crippen molar-refractivity contribution in [2.75, 3.05) is 6.61 Å². The van der Waals surface area contributed by atoms with E-state index < -0.39 is 16.4 Å². The van der Waals surface area contributed by atoms with E-state index in [2.05, 4.69) is 29.8 Å². The Hall–Kier alpha value is -0.950. The zero-order valence-electron chi connectivity index (χ0n) is 19.7. The van der Waals surface area contributed by atoms with Gasteiger partial charge in [-0.25, -0.2) is 0 Å². The fourth-order valence-electron chi connectivity index (χ4n) is 8.33. The highest BCUT2D eigenvalue weighted by Gasteiger charge is 2.67. The maximum atomic E-state index is 12.9. The fourth-order valence-corrected chi connectivity index (χ4v) is 9.38. The Kier molecular flexibility index (Phi) is 6.32. The van der Waals surface area contributed by atoms with Gasteiger partial charge in [0.1, 0.15) is 12.7 Å². The molecule has 1 N–H and O–H groups in total. The summed E-state index contributed by atoms with van der Waals surface area (Å²) in [5.41, 5.74) is -0.192. The Labute approximate surface area is 199 Å². The van der Waals surface area contributed by atoms with Gasteiger partial charge in [-0.2, -0.15) is 0 Å². The molecule has 0 spiro atoms. The number of alkyl halides is 1. The average Bonchev–Trinajstić information content (AvgIpc) is 3.05. The number of ketones is 1. The third-order valence-electron chi connectivity index (χ3n) is 9.88. The van der Waals surface area contributed by atoms with Gasteiger partial charge in [0.15, 0.2) is 5.78 Å². The van der Waals surface area contributed by atoms with Crippen molar-refractivity contribution in [3.8, 4) is 0 Å². The monoisotopic (exact) mass is 512 g/mol. The second-order valence-electron chi connectivity index (χ2n) is 11.3. The van der Waals surface area contributed by atoms with E-state index in [4.69, 9.17) is 9.47 Å². The molecule has 6 nitrogen and oxygen atoms in total. The molecule has 4 fully saturated rings. The molecule has 0 amide bonds. The second kappa shape index (κ2) is 8.37. The van der Waals surface area contributed by atoms with Gasteiger partial charge in [-0.3, -0.25) is 14.4 Å². The maximum absolute atomic E-state index is 12.9. The second-order valence-corrected chi connectivity index (χ2v) is 12.7. The van der Waals surface area contributed by atoms with Crippen LogP contribution >= 0.6 is 15.9 Å². The van der Waals surface area contributed by atoms with E-state index in [1.807, 2.05) is 0 Å². The van der Waals surface area contributed by atoms with Crippen LogP contribution in [0.25, 0.3) is 0 Å². The quantitative estimate of drug-likeness (QED) is 0.448. The summed E-state index contributed by atoms with van der Waals surface area (Å²) in [5.74, 6) is 0.517. The van der Waals surface area contributed by atoms with Gasteiger partial charge < -0.3 is 14.6 Å². The number of hydrogen-bond donors (Lipinski definition) is 1. The third kappa shape index (κ3) is 3.66. The highest BCUT2D eigenvalue weighted by atomic mass is 79.9. The predicted octanol–water partition coefficient (Wildman–Crippen LogP) is 4.20. The van der Waals surface area contributed by atoms with E-state index in [1.165, 1.54) is 13.8 Å². The molecule has 0 aromatic rings. The Bertz CT molecular complexity index is 799. The standard InChI is InChI=1S/C25H37BrO6/c1-14(27)31-13-21(29)20-6-5-18-17-11-22(30)25(26)12-16(32-15(2)28)7-10-24(25,4)19(17)8-9-23(18,20)3/h16-20,22,30H,5-13H2,1-4H3/t16-,17-,18-,19-,20+,22+,23-,24+,25-/m0/s1. The molecule has 0 aromatic carbocycles. The molecule has 0 aromatic heterocycles. The van der Waals surface area contributed by atoms with Gasteiger partial charge in [0.2, 0.25) is 0 Å².